The minimum absolute atomic E-state index is 0.108. The van der Waals surface area contributed by atoms with Gasteiger partial charge in [-0.3, -0.25) is 9.36 Å². The van der Waals surface area contributed by atoms with E-state index >= 15 is 0 Å². The quantitative estimate of drug-likeness (QED) is 0.170. The maximum atomic E-state index is 12.7. The number of thiazole rings is 1. The summed E-state index contributed by atoms with van der Waals surface area (Å²) in [5, 5.41) is 13.4. The Hall–Kier alpha value is -3.95. The number of nitrogens with one attached hydrogen (secondary N) is 1. The molecule has 0 aliphatic rings. The van der Waals surface area contributed by atoms with E-state index in [1.807, 2.05) is 72.1 Å². The van der Waals surface area contributed by atoms with E-state index in [1.54, 1.807) is 17.4 Å². The molecule has 0 atom stereocenters. The van der Waals surface area contributed by atoms with E-state index in [0.29, 0.717) is 11.7 Å². The normalized spacial score (nSPS) is 11.0. The molecule has 0 bridgehead atoms. The third-order valence-corrected chi connectivity index (χ3v) is 8.00. The number of hydrogen-bond acceptors (Lipinski definition) is 7. The summed E-state index contributed by atoms with van der Waals surface area (Å²) in [6.45, 7) is 6.50. The topological polar surface area (TPSA) is 75.9 Å². The number of benzene rings is 3. The van der Waals surface area contributed by atoms with Crippen LogP contribution in [0.25, 0.3) is 32.2 Å². The van der Waals surface area contributed by atoms with Crippen LogP contribution in [0.2, 0.25) is 0 Å². The van der Waals surface area contributed by atoms with Gasteiger partial charge < -0.3 is 10.2 Å². The van der Waals surface area contributed by atoms with Gasteiger partial charge >= 0.3 is 0 Å². The zero-order chi connectivity index (χ0) is 26.6. The molecule has 3 aromatic carbocycles. The first-order chi connectivity index (χ1) is 18.4. The summed E-state index contributed by atoms with van der Waals surface area (Å²) in [7, 11) is 4.01. The maximum absolute atomic E-state index is 12.7. The molecule has 5 rings (SSSR count). The van der Waals surface area contributed by atoms with Crippen LogP contribution < -0.4 is 10.2 Å². The lowest BCUT2D eigenvalue weighted by atomic mass is 10.2. The van der Waals surface area contributed by atoms with E-state index in [-0.39, 0.29) is 11.7 Å². The third kappa shape index (κ3) is 5.64. The molecule has 0 unspecified atom stereocenters. The van der Waals surface area contributed by atoms with Gasteiger partial charge in [-0.2, -0.15) is 0 Å². The molecule has 192 valence electrons. The predicted molar refractivity (Wildman–Crippen MR) is 159 cm³/mol. The molecule has 5 aromatic rings. The fourth-order valence-electron chi connectivity index (χ4n) is 3.99. The first-order valence-electron chi connectivity index (χ1n) is 12.1. The van der Waals surface area contributed by atoms with Crippen molar-refractivity contribution in [3.63, 3.8) is 0 Å². The molecule has 9 heteroatoms. The number of allylic oxidation sites excluding steroid dienone is 1. The lowest BCUT2D eigenvalue weighted by Crippen LogP contribution is -2.14. The van der Waals surface area contributed by atoms with Crippen molar-refractivity contribution >= 4 is 50.6 Å². The van der Waals surface area contributed by atoms with Crippen molar-refractivity contribution in [3.05, 3.63) is 84.9 Å². The molecule has 0 radical (unpaired) electrons. The SMILES string of the molecule is C=CCn1c(SCC(=O)Nc2ccc(-c3nc4ccc(C)cc4s3)cc2)nnc1-c1ccc(N(C)C)cc1. The average molecular weight is 541 g/mol. The van der Waals surface area contributed by atoms with Gasteiger partial charge in [-0.15, -0.1) is 28.1 Å². The van der Waals surface area contributed by atoms with Crippen molar-refractivity contribution in [3.8, 4) is 22.0 Å². The van der Waals surface area contributed by atoms with Gasteiger partial charge in [0.25, 0.3) is 0 Å². The predicted octanol–water partition coefficient (Wildman–Crippen LogP) is 6.51. The highest BCUT2D eigenvalue weighted by atomic mass is 32.2. The minimum atomic E-state index is -0.108. The molecule has 0 aliphatic heterocycles. The van der Waals surface area contributed by atoms with Crippen molar-refractivity contribution in [2.75, 3.05) is 30.1 Å². The van der Waals surface area contributed by atoms with Crippen LogP contribution in [-0.2, 0) is 11.3 Å². The molecule has 0 spiro atoms. The Kier molecular flexibility index (Phi) is 7.57. The van der Waals surface area contributed by atoms with Gasteiger partial charge in [-0.1, -0.05) is 23.9 Å². The van der Waals surface area contributed by atoms with Crippen molar-refractivity contribution in [1.82, 2.24) is 19.7 Å². The van der Waals surface area contributed by atoms with E-state index < -0.39 is 0 Å². The summed E-state index contributed by atoms with van der Waals surface area (Å²) in [6.07, 6.45) is 1.80. The number of thioether (sulfide) groups is 1. The Bertz CT molecular complexity index is 1590. The van der Waals surface area contributed by atoms with Crippen LogP contribution in [0.1, 0.15) is 5.56 Å². The average Bonchev–Trinajstić information content (AvgIpc) is 3.52. The van der Waals surface area contributed by atoms with E-state index in [2.05, 4.69) is 47.2 Å². The van der Waals surface area contributed by atoms with Crippen molar-refractivity contribution < 1.29 is 4.79 Å². The van der Waals surface area contributed by atoms with Crippen LogP contribution in [-0.4, -0.2) is 45.5 Å². The second-order valence-electron chi connectivity index (χ2n) is 9.05. The standard InChI is InChI=1S/C29H28N6OS2/c1-5-16-35-27(20-9-13-23(14-10-20)34(3)4)32-33-29(35)37-18-26(36)30-22-11-7-21(8-12-22)28-31-24-15-6-19(2)17-25(24)38-28/h5-15,17H,1,16,18H2,2-4H3,(H,30,36). The number of hydrogen-bond donors (Lipinski definition) is 1. The first kappa shape index (κ1) is 25.7. The number of fused-ring (bicyclic) bond motifs is 1. The fraction of sp³-hybridized carbons (Fsp3) is 0.172. The lowest BCUT2D eigenvalue weighted by Gasteiger charge is -2.13. The Morgan fingerprint density at radius 2 is 1.79 bits per heavy atom. The molecule has 2 aromatic heterocycles. The molecule has 1 amide bonds. The van der Waals surface area contributed by atoms with Gasteiger partial charge in [-0.25, -0.2) is 4.98 Å². The second kappa shape index (κ2) is 11.2. The lowest BCUT2D eigenvalue weighted by molar-refractivity contribution is -0.113. The Morgan fingerprint density at radius 3 is 2.50 bits per heavy atom. The second-order valence-corrected chi connectivity index (χ2v) is 11.0. The summed E-state index contributed by atoms with van der Waals surface area (Å²) in [5.41, 5.74) is 6.07. The summed E-state index contributed by atoms with van der Waals surface area (Å²) >= 11 is 3.03. The molecule has 7 nitrogen and oxygen atoms in total. The fourth-order valence-corrected chi connectivity index (χ4v) is 5.81. The molecule has 1 N–H and O–H groups in total. The molecular weight excluding hydrogens is 512 g/mol. The van der Waals surface area contributed by atoms with E-state index in [4.69, 9.17) is 4.98 Å². The third-order valence-electron chi connectivity index (χ3n) is 5.96. The van der Waals surface area contributed by atoms with Crippen molar-refractivity contribution in [2.24, 2.45) is 0 Å². The van der Waals surface area contributed by atoms with Crippen LogP contribution in [0.3, 0.4) is 0 Å². The van der Waals surface area contributed by atoms with Gasteiger partial charge in [0.15, 0.2) is 11.0 Å². The summed E-state index contributed by atoms with van der Waals surface area (Å²) < 4.78 is 3.15. The largest absolute Gasteiger partial charge is 0.378 e. The summed E-state index contributed by atoms with van der Waals surface area (Å²) in [6, 6.07) is 22.2. The number of rotatable bonds is 9. The van der Waals surface area contributed by atoms with Gasteiger partial charge in [0, 0.05) is 43.1 Å². The first-order valence-corrected chi connectivity index (χ1v) is 13.9. The van der Waals surface area contributed by atoms with Crippen LogP contribution >= 0.6 is 23.1 Å². The Balaban J connectivity index is 1.23. The van der Waals surface area contributed by atoms with Gasteiger partial charge in [0.05, 0.1) is 16.0 Å². The van der Waals surface area contributed by atoms with Crippen molar-refractivity contribution in [1.29, 1.82) is 0 Å². The molecule has 0 fully saturated rings. The molecule has 38 heavy (non-hydrogen) atoms. The minimum Gasteiger partial charge on any atom is -0.378 e. The Morgan fingerprint density at radius 1 is 1.05 bits per heavy atom. The van der Waals surface area contributed by atoms with Crippen LogP contribution in [0.4, 0.5) is 11.4 Å². The molecule has 0 saturated heterocycles. The summed E-state index contributed by atoms with van der Waals surface area (Å²) in [5.74, 6) is 0.857. The maximum Gasteiger partial charge on any atom is 0.234 e. The number of aryl methyl sites for hydroxylation is 1. The van der Waals surface area contributed by atoms with Gasteiger partial charge in [0.1, 0.15) is 5.01 Å². The van der Waals surface area contributed by atoms with E-state index in [0.717, 1.165) is 38.9 Å². The number of carbonyl (C=O) groups is 1. The molecule has 0 saturated carbocycles. The van der Waals surface area contributed by atoms with Crippen LogP contribution in [0.15, 0.2) is 84.5 Å². The highest BCUT2D eigenvalue weighted by Crippen LogP contribution is 2.31. The number of aromatic nitrogens is 4. The smallest absolute Gasteiger partial charge is 0.234 e. The van der Waals surface area contributed by atoms with Gasteiger partial charge in [0.2, 0.25) is 5.91 Å². The summed E-state index contributed by atoms with van der Waals surface area (Å²) in [4.78, 5) is 19.5. The Labute approximate surface area is 230 Å². The van der Waals surface area contributed by atoms with E-state index in [1.165, 1.54) is 22.0 Å². The molecule has 0 aliphatic carbocycles. The highest BCUT2D eigenvalue weighted by Gasteiger charge is 2.15. The molecule has 2 heterocycles. The number of nitrogens with zero attached hydrogens (tertiary/aromatic N) is 5. The highest BCUT2D eigenvalue weighted by molar-refractivity contribution is 7.99. The van der Waals surface area contributed by atoms with Gasteiger partial charge in [-0.05, 0) is 73.2 Å². The van der Waals surface area contributed by atoms with Crippen LogP contribution in [0, 0.1) is 6.92 Å². The number of anilines is 2. The monoisotopic (exact) mass is 540 g/mol. The van der Waals surface area contributed by atoms with Crippen LogP contribution in [0.5, 0.6) is 0 Å². The zero-order valence-electron chi connectivity index (χ0n) is 21.5. The molecular formula is C29H28N6OS2. The number of amides is 1. The van der Waals surface area contributed by atoms with Crippen molar-refractivity contribution in [2.45, 2.75) is 18.6 Å². The number of carbonyl (C=O) groups excluding carboxylic acids is 1. The van der Waals surface area contributed by atoms with E-state index in [9.17, 15) is 4.79 Å². The zero-order valence-corrected chi connectivity index (χ0v) is 23.1.